The first kappa shape index (κ1) is 22.9. The number of anilines is 1. The standard InChI is InChI=1S/C25H28N4O3S/c1-17(30)18-5-7-19(8-6-18)22(31)28-12-9-25(10-13-28)11-14-29(16-25)23(32)20-3-2-4-21(15-20)27-24(26)33/h2-8,15H,9-14,16H2,1H3,(H3,26,27,33). The molecule has 2 aromatic rings. The molecule has 4 rings (SSSR count). The minimum Gasteiger partial charge on any atom is -0.376 e. The molecule has 2 fully saturated rings. The molecular formula is C25H28N4O3S. The number of rotatable bonds is 4. The van der Waals surface area contributed by atoms with Crippen LogP contribution in [-0.4, -0.2) is 58.7 Å². The number of carbonyl (C=O) groups is 3. The Hall–Kier alpha value is -3.26. The van der Waals surface area contributed by atoms with Crippen molar-refractivity contribution in [3.63, 3.8) is 0 Å². The summed E-state index contributed by atoms with van der Waals surface area (Å²) in [6.45, 7) is 4.27. The predicted octanol–water partition coefficient (Wildman–Crippen LogP) is 3.31. The molecule has 8 heteroatoms. The number of benzene rings is 2. The van der Waals surface area contributed by atoms with Gasteiger partial charge in [0.05, 0.1) is 0 Å². The molecule has 2 amide bonds. The Labute approximate surface area is 198 Å². The van der Waals surface area contributed by atoms with E-state index in [0.29, 0.717) is 48.6 Å². The molecule has 2 aliphatic rings. The van der Waals surface area contributed by atoms with Crippen LogP contribution in [0.4, 0.5) is 5.69 Å². The molecule has 7 nitrogen and oxygen atoms in total. The monoisotopic (exact) mass is 464 g/mol. The maximum absolute atomic E-state index is 13.1. The Kier molecular flexibility index (Phi) is 6.47. The summed E-state index contributed by atoms with van der Waals surface area (Å²) in [6, 6.07) is 14.1. The minimum absolute atomic E-state index is 0.00234. The Morgan fingerprint density at radius 1 is 0.879 bits per heavy atom. The molecule has 0 saturated carbocycles. The lowest BCUT2D eigenvalue weighted by atomic mass is 9.77. The number of carbonyl (C=O) groups excluding carboxylic acids is 3. The van der Waals surface area contributed by atoms with E-state index in [1.807, 2.05) is 21.9 Å². The highest BCUT2D eigenvalue weighted by molar-refractivity contribution is 7.80. The molecular weight excluding hydrogens is 436 g/mol. The van der Waals surface area contributed by atoms with Crippen LogP contribution in [0.2, 0.25) is 0 Å². The number of nitrogens with zero attached hydrogens (tertiary/aromatic N) is 2. The van der Waals surface area contributed by atoms with Gasteiger partial charge in [0, 0.05) is 48.6 Å². The van der Waals surface area contributed by atoms with E-state index in [0.717, 1.165) is 19.3 Å². The number of amides is 2. The van der Waals surface area contributed by atoms with Gasteiger partial charge in [0.15, 0.2) is 10.9 Å². The Bertz CT molecular complexity index is 1090. The van der Waals surface area contributed by atoms with Crippen LogP contribution in [0.3, 0.4) is 0 Å². The molecule has 33 heavy (non-hydrogen) atoms. The molecule has 172 valence electrons. The van der Waals surface area contributed by atoms with E-state index in [-0.39, 0.29) is 28.1 Å². The average molecular weight is 465 g/mol. The topological polar surface area (TPSA) is 95.7 Å². The summed E-state index contributed by atoms with van der Waals surface area (Å²) >= 11 is 4.88. The summed E-state index contributed by atoms with van der Waals surface area (Å²) < 4.78 is 0. The summed E-state index contributed by atoms with van der Waals surface area (Å²) in [6.07, 6.45) is 2.69. The van der Waals surface area contributed by atoms with Crippen LogP contribution in [0, 0.1) is 5.41 Å². The fraction of sp³-hybridized carbons (Fsp3) is 0.360. The molecule has 3 N–H and O–H groups in total. The van der Waals surface area contributed by atoms with E-state index in [9.17, 15) is 14.4 Å². The lowest BCUT2D eigenvalue weighted by Gasteiger charge is -2.39. The summed E-state index contributed by atoms with van der Waals surface area (Å²) in [5.74, 6) is -0.0179. The maximum Gasteiger partial charge on any atom is 0.253 e. The van der Waals surface area contributed by atoms with Gasteiger partial charge >= 0.3 is 0 Å². The number of piperidine rings is 1. The number of nitrogens with two attached hydrogens (primary N) is 1. The molecule has 0 aliphatic carbocycles. The fourth-order valence-corrected chi connectivity index (χ4v) is 4.90. The van der Waals surface area contributed by atoms with Gasteiger partial charge in [-0.1, -0.05) is 18.2 Å². The van der Waals surface area contributed by atoms with Crippen LogP contribution in [0.15, 0.2) is 48.5 Å². The largest absolute Gasteiger partial charge is 0.376 e. The SMILES string of the molecule is CC(=O)c1ccc(C(=O)N2CCC3(CC2)CCN(C(=O)c2cccc(NC(N)=S)c2)C3)cc1. The third-order valence-electron chi connectivity index (χ3n) is 6.75. The van der Waals surface area contributed by atoms with Crippen molar-refractivity contribution in [3.8, 4) is 0 Å². The quantitative estimate of drug-likeness (QED) is 0.532. The molecule has 2 aliphatic heterocycles. The van der Waals surface area contributed by atoms with Crippen molar-refractivity contribution in [1.82, 2.24) is 9.80 Å². The smallest absolute Gasteiger partial charge is 0.253 e. The zero-order valence-electron chi connectivity index (χ0n) is 18.7. The Morgan fingerprint density at radius 2 is 1.45 bits per heavy atom. The van der Waals surface area contributed by atoms with E-state index in [2.05, 4.69) is 5.32 Å². The van der Waals surface area contributed by atoms with E-state index < -0.39 is 0 Å². The zero-order chi connectivity index (χ0) is 23.6. The van der Waals surface area contributed by atoms with E-state index in [4.69, 9.17) is 18.0 Å². The van der Waals surface area contributed by atoms with Crippen LogP contribution in [0.25, 0.3) is 0 Å². The number of Topliss-reactive ketones (excluding diaryl/α,β-unsaturated/α-hetero) is 1. The van der Waals surface area contributed by atoms with Crippen molar-refractivity contribution >= 4 is 40.6 Å². The first-order valence-electron chi connectivity index (χ1n) is 11.1. The second kappa shape index (κ2) is 9.31. The predicted molar refractivity (Wildman–Crippen MR) is 131 cm³/mol. The molecule has 0 atom stereocenters. The second-order valence-electron chi connectivity index (χ2n) is 8.97. The highest BCUT2D eigenvalue weighted by Crippen LogP contribution is 2.41. The van der Waals surface area contributed by atoms with Gasteiger partial charge in [0.25, 0.3) is 11.8 Å². The molecule has 2 heterocycles. The first-order chi connectivity index (χ1) is 15.8. The number of thiocarbonyl (C=S) groups is 1. The maximum atomic E-state index is 13.1. The number of nitrogens with one attached hydrogen (secondary N) is 1. The molecule has 0 aromatic heterocycles. The van der Waals surface area contributed by atoms with E-state index in [1.165, 1.54) is 6.92 Å². The summed E-state index contributed by atoms with van der Waals surface area (Å²) in [7, 11) is 0. The molecule has 2 aromatic carbocycles. The highest BCUT2D eigenvalue weighted by atomic mass is 32.1. The number of ketones is 1. The summed E-state index contributed by atoms with van der Waals surface area (Å²) in [5.41, 5.74) is 8.10. The molecule has 0 unspecified atom stereocenters. The zero-order valence-corrected chi connectivity index (χ0v) is 19.5. The first-order valence-corrected chi connectivity index (χ1v) is 11.5. The number of hydrogen-bond acceptors (Lipinski definition) is 4. The van der Waals surface area contributed by atoms with Gasteiger partial charge in [-0.25, -0.2) is 0 Å². The Morgan fingerprint density at radius 3 is 2.06 bits per heavy atom. The van der Waals surface area contributed by atoms with Crippen LogP contribution in [-0.2, 0) is 0 Å². The normalized spacial score (nSPS) is 17.1. The van der Waals surface area contributed by atoms with Crippen molar-refractivity contribution in [2.24, 2.45) is 11.1 Å². The van der Waals surface area contributed by atoms with Gasteiger partial charge in [-0.2, -0.15) is 0 Å². The van der Waals surface area contributed by atoms with Gasteiger partial charge < -0.3 is 20.9 Å². The van der Waals surface area contributed by atoms with Gasteiger partial charge in [-0.15, -0.1) is 0 Å². The molecule has 0 radical (unpaired) electrons. The van der Waals surface area contributed by atoms with Crippen LogP contribution >= 0.6 is 12.2 Å². The number of hydrogen-bond donors (Lipinski definition) is 2. The third kappa shape index (κ3) is 5.06. The van der Waals surface area contributed by atoms with E-state index >= 15 is 0 Å². The van der Waals surface area contributed by atoms with Crippen molar-refractivity contribution in [2.45, 2.75) is 26.2 Å². The highest BCUT2D eigenvalue weighted by Gasteiger charge is 2.43. The molecule has 2 saturated heterocycles. The molecule has 1 spiro atoms. The van der Waals surface area contributed by atoms with Crippen molar-refractivity contribution < 1.29 is 14.4 Å². The van der Waals surface area contributed by atoms with Crippen LogP contribution < -0.4 is 11.1 Å². The second-order valence-corrected chi connectivity index (χ2v) is 9.41. The average Bonchev–Trinajstić information content (AvgIpc) is 3.22. The van der Waals surface area contributed by atoms with Crippen molar-refractivity contribution in [1.29, 1.82) is 0 Å². The lowest BCUT2D eigenvalue weighted by Crippen LogP contribution is -2.44. The van der Waals surface area contributed by atoms with Crippen LogP contribution in [0.1, 0.15) is 57.3 Å². The van der Waals surface area contributed by atoms with Gasteiger partial charge in [-0.3, -0.25) is 14.4 Å². The fourth-order valence-electron chi connectivity index (χ4n) is 4.79. The van der Waals surface area contributed by atoms with Gasteiger partial charge in [-0.05, 0) is 74.2 Å². The number of likely N-dealkylation sites (tertiary alicyclic amines) is 2. The third-order valence-corrected chi connectivity index (χ3v) is 6.85. The van der Waals surface area contributed by atoms with Crippen molar-refractivity contribution in [2.75, 3.05) is 31.5 Å². The molecule has 0 bridgehead atoms. The lowest BCUT2D eigenvalue weighted by molar-refractivity contribution is 0.0565. The van der Waals surface area contributed by atoms with Crippen LogP contribution in [0.5, 0.6) is 0 Å². The van der Waals surface area contributed by atoms with Crippen molar-refractivity contribution in [3.05, 3.63) is 65.2 Å². The van der Waals surface area contributed by atoms with Gasteiger partial charge in [0.2, 0.25) is 0 Å². The summed E-state index contributed by atoms with van der Waals surface area (Å²) in [5, 5.41) is 3.03. The summed E-state index contributed by atoms with van der Waals surface area (Å²) in [4.78, 5) is 41.2. The minimum atomic E-state index is -0.0138. The Balaban J connectivity index is 1.36. The van der Waals surface area contributed by atoms with Gasteiger partial charge in [0.1, 0.15) is 0 Å². The van der Waals surface area contributed by atoms with E-state index in [1.54, 1.807) is 36.4 Å².